The molecule has 0 aliphatic carbocycles. The summed E-state index contributed by atoms with van der Waals surface area (Å²) in [5, 5.41) is 0. The van der Waals surface area contributed by atoms with E-state index < -0.39 is 0 Å². The van der Waals surface area contributed by atoms with Gasteiger partial charge < -0.3 is 14.0 Å². The highest BCUT2D eigenvalue weighted by Crippen LogP contribution is 2.18. The number of likely N-dealkylation sites (N-methyl/N-ethyl adjacent to an activating group) is 1. The van der Waals surface area contributed by atoms with E-state index in [0.717, 1.165) is 18.7 Å². The predicted octanol–water partition coefficient (Wildman–Crippen LogP) is 8.91. The minimum absolute atomic E-state index is 0.152. The van der Waals surface area contributed by atoms with Crippen molar-refractivity contribution >= 4 is 5.97 Å². The van der Waals surface area contributed by atoms with Gasteiger partial charge in [-0.3, -0.25) is 0 Å². The number of benzene rings is 2. The van der Waals surface area contributed by atoms with Crippen LogP contribution in [0, 0.1) is 0 Å². The van der Waals surface area contributed by atoms with Crippen LogP contribution in [0.1, 0.15) is 108 Å². The van der Waals surface area contributed by atoms with Crippen LogP contribution in [-0.4, -0.2) is 43.8 Å². The summed E-state index contributed by atoms with van der Waals surface area (Å²) in [7, 11) is 4.15. The maximum absolute atomic E-state index is 12.6. The topological polar surface area (TPSA) is 35.5 Å². The second-order valence-corrected chi connectivity index (χ2v) is 11.8. The van der Waals surface area contributed by atoms with Crippen molar-refractivity contribution in [2.24, 2.45) is 0 Å². The molecule has 0 saturated heterocycles. The molecule has 0 amide bonds. The van der Waals surface area contributed by atoms with Gasteiger partial charge in [0.25, 0.3) is 0 Å². The first-order valence-corrected chi connectivity index (χ1v) is 15.7. The van der Waals surface area contributed by atoms with Gasteiger partial charge in [0.2, 0.25) is 0 Å². The zero-order valence-corrected chi connectivity index (χ0v) is 25.5. The molecule has 0 saturated carbocycles. The molecule has 39 heavy (non-hydrogen) atoms. The van der Waals surface area contributed by atoms with Gasteiger partial charge in [-0.1, -0.05) is 120 Å². The van der Waals surface area contributed by atoms with Crippen LogP contribution in [0.15, 0.2) is 54.6 Å². The van der Waals surface area contributed by atoms with Crippen LogP contribution in [0.4, 0.5) is 0 Å². The largest absolute Gasteiger partial charge is 0.493 e. The molecule has 4 heteroatoms. The van der Waals surface area contributed by atoms with Crippen LogP contribution in [0.3, 0.4) is 0 Å². The monoisotopic (exact) mass is 538 g/mol. The van der Waals surface area contributed by atoms with Crippen molar-refractivity contribution in [1.29, 1.82) is 0 Å². The predicted molar refractivity (Wildman–Crippen MR) is 164 cm³/mol. The van der Waals surface area contributed by atoms with Crippen LogP contribution in [0.5, 0.6) is 5.75 Å². The summed E-state index contributed by atoms with van der Waals surface area (Å²) in [4.78, 5) is 12.6. The first-order valence-electron chi connectivity index (χ1n) is 15.7. The summed E-state index contributed by atoms with van der Waals surface area (Å²) in [5.74, 6) is 0.757. The molecule has 0 aliphatic heterocycles. The number of hydrogen-bond donors (Lipinski definition) is 0. The van der Waals surface area contributed by atoms with E-state index in [9.17, 15) is 4.79 Å². The first-order chi connectivity index (χ1) is 18.9. The second kappa shape index (κ2) is 19.7. The Morgan fingerprint density at radius 1 is 0.718 bits per heavy atom. The highest BCUT2D eigenvalue weighted by atomic mass is 16.5. The third-order valence-electron chi connectivity index (χ3n) is 7.84. The number of rotatable bonds is 22. The van der Waals surface area contributed by atoms with E-state index in [1.54, 1.807) is 0 Å². The van der Waals surface area contributed by atoms with E-state index in [1.165, 1.54) is 88.2 Å². The smallest absolute Gasteiger partial charge is 0.364 e. The summed E-state index contributed by atoms with van der Waals surface area (Å²) in [6.45, 7) is 5.95. The van der Waals surface area contributed by atoms with Crippen LogP contribution >= 0.6 is 0 Å². The van der Waals surface area contributed by atoms with Crippen molar-refractivity contribution in [3.05, 3.63) is 65.7 Å². The van der Waals surface area contributed by atoms with Crippen molar-refractivity contribution in [3.8, 4) is 5.75 Å². The summed E-state index contributed by atoms with van der Waals surface area (Å²) in [6.07, 6.45) is 18.3. The number of hydrogen-bond acceptors (Lipinski definition) is 3. The first kappa shape index (κ1) is 32.9. The van der Waals surface area contributed by atoms with Crippen molar-refractivity contribution in [2.75, 3.05) is 27.3 Å². The number of esters is 1. The number of carbonyl (C=O) groups excluding carboxylic acids is 1. The molecule has 0 fully saturated rings. The standard InChI is InChI=1S/C35H56NO3/c1-5-6-7-8-9-10-11-12-13-14-15-17-22-32-25-20-26-34(29-32)38-27-21-28-39-35(37)31(2)36(3,4)30-33-23-18-16-19-24-33/h16,18-20,23-26,29,31H,5-15,17,21-22,27-28,30H2,1-4H3/q+1. The van der Waals surface area contributed by atoms with Gasteiger partial charge in [0, 0.05) is 12.0 Å². The highest BCUT2D eigenvalue weighted by Gasteiger charge is 2.32. The number of nitrogens with zero attached hydrogens (tertiary/aromatic N) is 1. The molecule has 1 atom stereocenters. The number of unbranched alkanes of at least 4 members (excludes halogenated alkanes) is 11. The van der Waals surface area contributed by atoms with E-state index in [1.807, 2.05) is 31.2 Å². The maximum atomic E-state index is 12.6. The highest BCUT2D eigenvalue weighted by molar-refractivity contribution is 5.74. The van der Waals surface area contributed by atoms with Crippen LogP contribution < -0.4 is 4.74 Å². The number of aryl methyl sites for hydroxylation is 1. The Hall–Kier alpha value is -2.33. The molecule has 218 valence electrons. The van der Waals surface area contributed by atoms with Crippen LogP contribution in [-0.2, 0) is 22.5 Å². The van der Waals surface area contributed by atoms with Crippen molar-refractivity contribution in [1.82, 2.24) is 0 Å². The number of carbonyl (C=O) groups is 1. The Kier molecular flexibility index (Phi) is 16.6. The van der Waals surface area contributed by atoms with E-state index in [-0.39, 0.29) is 12.0 Å². The van der Waals surface area contributed by atoms with E-state index in [4.69, 9.17) is 9.47 Å². The molecule has 0 bridgehead atoms. The second-order valence-electron chi connectivity index (χ2n) is 11.8. The van der Waals surface area contributed by atoms with Gasteiger partial charge in [-0.05, 0) is 37.5 Å². The zero-order valence-electron chi connectivity index (χ0n) is 25.5. The Labute approximate surface area is 239 Å². The molecule has 2 rings (SSSR count). The molecule has 0 heterocycles. The summed E-state index contributed by atoms with van der Waals surface area (Å²) < 4.78 is 12.1. The van der Waals surface area contributed by atoms with E-state index in [0.29, 0.717) is 24.1 Å². The minimum atomic E-state index is -0.233. The lowest BCUT2D eigenvalue weighted by molar-refractivity contribution is -0.917. The molecular weight excluding hydrogens is 482 g/mol. The molecule has 2 aromatic rings. The summed E-state index contributed by atoms with van der Waals surface area (Å²) >= 11 is 0. The molecule has 1 unspecified atom stereocenters. The normalized spacial score (nSPS) is 12.3. The molecule has 4 nitrogen and oxygen atoms in total. The van der Waals surface area contributed by atoms with Gasteiger partial charge in [-0.25, -0.2) is 4.79 Å². The third kappa shape index (κ3) is 14.6. The van der Waals surface area contributed by atoms with Crippen LogP contribution in [0.2, 0.25) is 0 Å². The van der Waals surface area contributed by atoms with Crippen LogP contribution in [0.25, 0.3) is 0 Å². The molecule has 0 radical (unpaired) electrons. The Bertz CT molecular complexity index is 896. The maximum Gasteiger partial charge on any atom is 0.364 e. The Morgan fingerprint density at radius 2 is 1.31 bits per heavy atom. The zero-order chi connectivity index (χ0) is 28.2. The summed E-state index contributed by atoms with van der Waals surface area (Å²) in [5.41, 5.74) is 2.56. The summed E-state index contributed by atoms with van der Waals surface area (Å²) in [6, 6.07) is 18.5. The molecular formula is C35H56NO3+. The Balaban J connectivity index is 1.53. The van der Waals surface area contributed by atoms with Crippen molar-refractivity contribution in [3.63, 3.8) is 0 Å². The van der Waals surface area contributed by atoms with Gasteiger partial charge in [-0.2, -0.15) is 0 Å². The number of ether oxygens (including phenoxy) is 2. The lowest BCUT2D eigenvalue weighted by Crippen LogP contribution is -2.51. The van der Waals surface area contributed by atoms with E-state index in [2.05, 4.69) is 51.4 Å². The van der Waals surface area contributed by atoms with E-state index >= 15 is 0 Å². The molecule has 0 spiro atoms. The molecule has 2 aromatic carbocycles. The third-order valence-corrected chi connectivity index (χ3v) is 7.84. The van der Waals surface area contributed by atoms with Gasteiger partial charge in [0.05, 0.1) is 27.3 Å². The quantitative estimate of drug-likeness (QED) is 0.0853. The average Bonchev–Trinajstić information content (AvgIpc) is 2.93. The van der Waals surface area contributed by atoms with Crippen molar-refractivity contribution < 1.29 is 18.8 Å². The fourth-order valence-electron chi connectivity index (χ4n) is 4.98. The van der Waals surface area contributed by atoms with Crippen molar-refractivity contribution in [2.45, 2.75) is 116 Å². The lowest BCUT2D eigenvalue weighted by Gasteiger charge is -2.34. The average molecular weight is 539 g/mol. The molecule has 0 aliphatic rings. The SMILES string of the molecule is CCCCCCCCCCCCCCc1cccc(OCCCOC(=O)C(C)[N+](C)(C)Cc2ccccc2)c1. The van der Waals surface area contributed by atoms with Gasteiger partial charge in [-0.15, -0.1) is 0 Å². The molecule has 0 N–H and O–H groups in total. The number of quaternary nitrogens is 1. The lowest BCUT2D eigenvalue weighted by atomic mass is 10.0. The fraction of sp³-hybridized carbons (Fsp3) is 0.629. The van der Waals surface area contributed by atoms with Gasteiger partial charge >= 0.3 is 5.97 Å². The minimum Gasteiger partial charge on any atom is -0.493 e. The fourth-order valence-corrected chi connectivity index (χ4v) is 4.98. The van der Waals surface area contributed by atoms with Gasteiger partial charge in [0.1, 0.15) is 12.3 Å². The van der Waals surface area contributed by atoms with Gasteiger partial charge in [0.15, 0.2) is 6.04 Å². The Morgan fingerprint density at radius 3 is 1.95 bits per heavy atom. The molecule has 0 aromatic heterocycles.